The predicted octanol–water partition coefficient (Wildman–Crippen LogP) is 2.89. The van der Waals surface area contributed by atoms with Gasteiger partial charge < -0.3 is 0 Å². The van der Waals surface area contributed by atoms with E-state index in [1.54, 1.807) is 12.1 Å². The largest absolute Gasteiger partial charge is 0.299 e. The third-order valence-corrected chi connectivity index (χ3v) is 4.16. The molecule has 1 aliphatic heterocycles. The zero-order valence-corrected chi connectivity index (χ0v) is 10.9. The van der Waals surface area contributed by atoms with Crippen LogP contribution in [0.3, 0.4) is 0 Å². The highest BCUT2D eigenvalue weighted by atomic mass is 16.6. The second-order valence-electron chi connectivity index (χ2n) is 5.40. The fraction of sp³-hybridized carbons (Fsp3) is 0.467. The third-order valence-electron chi connectivity index (χ3n) is 4.16. The molecule has 0 aromatic heterocycles. The quantitative estimate of drug-likeness (QED) is 0.476. The van der Waals surface area contributed by atoms with Crippen LogP contribution in [0.25, 0.3) is 0 Å². The maximum atomic E-state index is 10.9. The molecule has 1 heterocycles. The molecule has 4 nitrogen and oxygen atoms in total. The van der Waals surface area contributed by atoms with Crippen molar-refractivity contribution in [2.75, 3.05) is 19.6 Å². The minimum absolute atomic E-state index is 0.226. The lowest BCUT2D eigenvalue weighted by Gasteiger charge is -2.26. The van der Waals surface area contributed by atoms with Crippen molar-refractivity contribution >= 4 is 5.69 Å². The highest BCUT2D eigenvalue weighted by Crippen LogP contribution is 2.36. The van der Waals surface area contributed by atoms with E-state index < -0.39 is 0 Å². The molecule has 2 aliphatic rings. The molecule has 19 heavy (non-hydrogen) atoms. The van der Waals surface area contributed by atoms with Crippen LogP contribution in [0.4, 0.5) is 5.69 Å². The van der Waals surface area contributed by atoms with Crippen LogP contribution in [0, 0.1) is 10.1 Å². The van der Waals surface area contributed by atoms with E-state index in [0.717, 1.165) is 38.9 Å². The number of hydrogen-bond acceptors (Lipinski definition) is 3. The molecule has 0 saturated heterocycles. The Morgan fingerprint density at radius 3 is 3.00 bits per heavy atom. The molecule has 0 spiro atoms. The first-order chi connectivity index (χ1) is 9.24. The Kier molecular flexibility index (Phi) is 3.34. The highest BCUT2D eigenvalue weighted by Gasteiger charge is 2.26. The van der Waals surface area contributed by atoms with Gasteiger partial charge in [-0.2, -0.15) is 0 Å². The van der Waals surface area contributed by atoms with Crippen molar-refractivity contribution in [2.45, 2.75) is 25.2 Å². The number of benzene rings is 1. The summed E-state index contributed by atoms with van der Waals surface area (Å²) in [4.78, 5) is 13.0. The van der Waals surface area contributed by atoms with Gasteiger partial charge in [-0.25, -0.2) is 0 Å². The van der Waals surface area contributed by atoms with Crippen molar-refractivity contribution in [1.29, 1.82) is 0 Å². The fourth-order valence-electron chi connectivity index (χ4n) is 3.15. The van der Waals surface area contributed by atoms with Gasteiger partial charge in [0.25, 0.3) is 5.69 Å². The maximum Gasteiger partial charge on any atom is 0.269 e. The first-order valence-electron chi connectivity index (χ1n) is 6.88. The fourth-order valence-corrected chi connectivity index (χ4v) is 3.15. The van der Waals surface area contributed by atoms with Gasteiger partial charge in [0.1, 0.15) is 0 Å². The molecule has 1 aromatic rings. The predicted molar refractivity (Wildman–Crippen MR) is 74.4 cm³/mol. The molecule has 1 aromatic carbocycles. The van der Waals surface area contributed by atoms with Gasteiger partial charge in [0.05, 0.1) is 4.92 Å². The van der Waals surface area contributed by atoms with Crippen molar-refractivity contribution in [2.24, 2.45) is 0 Å². The van der Waals surface area contributed by atoms with Crippen molar-refractivity contribution in [3.8, 4) is 0 Å². The number of fused-ring (bicyclic) bond motifs is 1. The van der Waals surface area contributed by atoms with Gasteiger partial charge in [-0.3, -0.25) is 15.0 Å². The summed E-state index contributed by atoms with van der Waals surface area (Å²) in [5.41, 5.74) is 2.72. The molecule has 0 bridgehead atoms. The van der Waals surface area contributed by atoms with Crippen LogP contribution in [-0.4, -0.2) is 29.5 Å². The number of nitro groups is 1. The van der Waals surface area contributed by atoms with Crippen LogP contribution >= 0.6 is 0 Å². The smallest absolute Gasteiger partial charge is 0.269 e. The molecule has 3 rings (SSSR count). The van der Waals surface area contributed by atoms with E-state index in [4.69, 9.17) is 0 Å². The minimum atomic E-state index is -0.292. The van der Waals surface area contributed by atoms with Crippen LogP contribution in [0.2, 0.25) is 0 Å². The molecule has 0 fully saturated rings. The maximum absolute atomic E-state index is 10.9. The standard InChI is InChI=1S/C15H18N2O2/c18-17(19)14-7-6-12-4-5-13(15(12)10-14)11-16-8-2-1-3-9-16/h1-2,6-7,10,13H,3-5,8-9,11H2. The number of nitrogens with zero attached hydrogens (tertiary/aromatic N) is 2. The van der Waals surface area contributed by atoms with E-state index in [0.29, 0.717) is 5.92 Å². The van der Waals surface area contributed by atoms with E-state index in [1.165, 1.54) is 11.1 Å². The van der Waals surface area contributed by atoms with Crippen molar-refractivity contribution in [1.82, 2.24) is 4.90 Å². The number of rotatable bonds is 3. The Morgan fingerprint density at radius 2 is 2.26 bits per heavy atom. The van der Waals surface area contributed by atoms with Crippen molar-refractivity contribution in [3.05, 3.63) is 51.6 Å². The zero-order chi connectivity index (χ0) is 13.2. The van der Waals surface area contributed by atoms with Crippen LogP contribution in [0.5, 0.6) is 0 Å². The van der Waals surface area contributed by atoms with E-state index in [-0.39, 0.29) is 10.6 Å². The Hall–Kier alpha value is -1.68. The molecule has 0 N–H and O–H groups in total. The summed E-state index contributed by atoms with van der Waals surface area (Å²) in [5.74, 6) is 0.460. The minimum Gasteiger partial charge on any atom is -0.299 e. The average Bonchev–Trinajstić information content (AvgIpc) is 2.82. The Labute approximate surface area is 112 Å². The summed E-state index contributed by atoms with van der Waals surface area (Å²) in [7, 11) is 0. The summed E-state index contributed by atoms with van der Waals surface area (Å²) < 4.78 is 0. The third kappa shape index (κ3) is 2.54. The van der Waals surface area contributed by atoms with E-state index in [1.807, 2.05) is 6.07 Å². The van der Waals surface area contributed by atoms with Gasteiger partial charge in [-0.15, -0.1) is 0 Å². The van der Waals surface area contributed by atoms with Crippen molar-refractivity contribution in [3.63, 3.8) is 0 Å². The van der Waals surface area contributed by atoms with E-state index in [2.05, 4.69) is 17.1 Å². The molecular weight excluding hydrogens is 240 g/mol. The normalized spacial score (nSPS) is 22.4. The first-order valence-corrected chi connectivity index (χ1v) is 6.88. The molecular formula is C15H18N2O2. The zero-order valence-electron chi connectivity index (χ0n) is 10.9. The number of aryl methyl sites for hydroxylation is 1. The van der Waals surface area contributed by atoms with E-state index >= 15 is 0 Å². The second-order valence-corrected chi connectivity index (χ2v) is 5.40. The molecule has 4 heteroatoms. The van der Waals surface area contributed by atoms with Crippen LogP contribution < -0.4 is 0 Å². The van der Waals surface area contributed by atoms with Crippen LogP contribution in [0.15, 0.2) is 30.4 Å². The van der Waals surface area contributed by atoms with E-state index in [9.17, 15) is 10.1 Å². The Bertz CT molecular complexity index is 525. The van der Waals surface area contributed by atoms with Gasteiger partial charge in [0, 0.05) is 31.8 Å². The van der Waals surface area contributed by atoms with Gasteiger partial charge in [-0.05, 0) is 36.3 Å². The molecule has 1 aliphatic carbocycles. The summed E-state index contributed by atoms with van der Waals surface area (Å²) in [6.07, 6.45) is 7.74. The Morgan fingerprint density at radius 1 is 1.37 bits per heavy atom. The molecule has 1 atom stereocenters. The lowest BCUT2D eigenvalue weighted by Crippen LogP contribution is -2.31. The van der Waals surface area contributed by atoms with Gasteiger partial charge in [-0.1, -0.05) is 18.2 Å². The lowest BCUT2D eigenvalue weighted by atomic mass is 9.99. The lowest BCUT2D eigenvalue weighted by molar-refractivity contribution is -0.384. The van der Waals surface area contributed by atoms with Crippen molar-refractivity contribution < 1.29 is 4.92 Å². The molecule has 0 amide bonds. The second kappa shape index (κ2) is 5.13. The molecule has 0 saturated carbocycles. The number of nitro benzene ring substituents is 1. The van der Waals surface area contributed by atoms with Crippen LogP contribution in [-0.2, 0) is 6.42 Å². The van der Waals surface area contributed by atoms with Gasteiger partial charge in [0.15, 0.2) is 0 Å². The molecule has 0 radical (unpaired) electrons. The Balaban J connectivity index is 1.78. The molecule has 1 unspecified atom stereocenters. The monoisotopic (exact) mass is 258 g/mol. The summed E-state index contributed by atoms with van der Waals surface area (Å²) in [5, 5.41) is 10.9. The van der Waals surface area contributed by atoms with Gasteiger partial charge >= 0.3 is 0 Å². The summed E-state index contributed by atoms with van der Waals surface area (Å²) in [6.45, 7) is 3.15. The highest BCUT2D eigenvalue weighted by molar-refractivity contribution is 5.44. The topological polar surface area (TPSA) is 46.4 Å². The summed E-state index contributed by atoms with van der Waals surface area (Å²) >= 11 is 0. The van der Waals surface area contributed by atoms with Crippen LogP contribution in [0.1, 0.15) is 29.9 Å². The summed E-state index contributed by atoms with van der Waals surface area (Å²) in [6, 6.07) is 5.35. The van der Waals surface area contributed by atoms with Gasteiger partial charge in [0.2, 0.25) is 0 Å². The number of non-ortho nitro benzene ring substituents is 1. The first kappa shape index (κ1) is 12.4. The SMILES string of the molecule is O=[N+]([O-])c1ccc2c(c1)C(CN1CC=CCC1)CC2. The average molecular weight is 258 g/mol. The molecule has 100 valence electrons. The number of hydrogen-bond donors (Lipinski definition) is 0.